The maximum absolute atomic E-state index is 12.7. The van der Waals surface area contributed by atoms with Gasteiger partial charge in [-0.05, 0) is 32.2 Å². The molecule has 0 aliphatic heterocycles. The van der Waals surface area contributed by atoms with Crippen LogP contribution in [-0.2, 0) is 24.5 Å². The molecule has 0 radical (unpaired) electrons. The summed E-state index contributed by atoms with van der Waals surface area (Å²) in [5.41, 5.74) is 4.97. The van der Waals surface area contributed by atoms with E-state index in [1.807, 2.05) is 0 Å². The van der Waals surface area contributed by atoms with E-state index in [4.69, 9.17) is 10.3 Å². The van der Waals surface area contributed by atoms with Crippen molar-refractivity contribution in [2.75, 3.05) is 18.8 Å². The van der Waals surface area contributed by atoms with Crippen LogP contribution >= 0.6 is 0 Å². The Morgan fingerprint density at radius 1 is 1.03 bits per heavy atom. The Balaban J connectivity index is 5.14. The van der Waals surface area contributed by atoms with Crippen molar-refractivity contribution in [2.24, 2.45) is 11.7 Å². The third kappa shape index (κ3) is 11.7. The van der Waals surface area contributed by atoms with Crippen molar-refractivity contribution in [3.63, 3.8) is 0 Å². The molecule has 0 aliphatic carbocycles. The first-order valence-electron chi connectivity index (χ1n) is 9.61. The predicted molar refractivity (Wildman–Crippen MR) is 110 cm³/mol. The van der Waals surface area contributed by atoms with Gasteiger partial charge in [0.2, 0.25) is 11.8 Å². The maximum Gasteiger partial charge on any atom is 0.312 e. The standard InChI is InChI=1S/C17H33N5O7S/c1-5-19-13(9-30(27,28)29)15(24)22-14(10(2)3)16(25)21-12(11(4)23)7-6-8-20-17(18)26/h10,12-14,19H,5-9H2,1-4H3,(H,21,25)(H,22,24)(H3,18,20,26)(H,27,28,29). The van der Waals surface area contributed by atoms with E-state index in [1.54, 1.807) is 20.8 Å². The van der Waals surface area contributed by atoms with Crippen LogP contribution in [0.3, 0.4) is 0 Å². The molecule has 0 rings (SSSR count). The number of Topliss-reactive ketones (excluding diaryl/α,β-unsaturated/α-hetero) is 1. The molecule has 12 nitrogen and oxygen atoms in total. The lowest BCUT2D eigenvalue weighted by Gasteiger charge is -2.26. The normalized spacial score (nSPS) is 14.5. The second-order valence-corrected chi connectivity index (χ2v) is 8.69. The summed E-state index contributed by atoms with van der Waals surface area (Å²) in [5.74, 6) is -2.89. The van der Waals surface area contributed by atoms with Crippen molar-refractivity contribution >= 4 is 33.7 Å². The SMILES string of the molecule is CCNC(CS(=O)(=O)O)C(=O)NC(C(=O)NC(CCCNC(N)=O)C(C)=O)C(C)C. The van der Waals surface area contributed by atoms with Crippen LogP contribution < -0.4 is 27.0 Å². The average molecular weight is 452 g/mol. The molecule has 3 atom stereocenters. The lowest BCUT2D eigenvalue weighted by molar-refractivity contribution is -0.132. The van der Waals surface area contributed by atoms with E-state index in [2.05, 4.69) is 21.3 Å². The van der Waals surface area contributed by atoms with Gasteiger partial charge in [-0.3, -0.25) is 18.9 Å². The largest absolute Gasteiger partial charge is 0.352 e. The minimum Gasteiger partial charge on any atom is -0.352 e. The fourth-order valence-corrected chi connectivity index (χ4v) is 3.32. The number of rotatable bonds is 14. The zero-order valence-electron chi connectivity index (χ0n) is 17.7. The third-order valence-corrected chi connectivity index (χ3v) is 4.92. The lowest BCUT2D eigenvalue weighted by atomic mass is 10.0. The van der Waals surface area contributed by atoms with Gasteiger partial charge in [0.05, 0.1) is 11.8 Å². The summed E-state index contributed by atoms with van der Waals surface area (Å²) >= 11 is 0. The Labute approximate surface area is 176 Å². The molecule has 30 heavy (non-hydrogen) atoms. The van der Waals surface area contributed by atoms with E-state index in [0.29, 0.717) is 6.42 Å². The summed E-state index contributed by atoms with van der Waals surface area (Å²) < 4.78 is 31.3. The van der Waals surface area contributed by atoms with Gasteiger partial charge in [-0.1, -0.05) is 20.8 Å². The number of hydrogen-bond acceptors (Lipinski definition) is 7. The highest BCUT2D eigenvalue weighted by atomic mass is 32.2. The van der Waals surface area contributed by atoms with Crippen molar-refractivity contribution in [3.8, 4) is 0 Å². The minimum atomic E-state index is -4.42. The van der Waals surface area contributed by atoms with Gasteiger partial charge in [0.1, 0.15) is 12.1 Å². The molecule has 0 saturated carbocycles. The summed E-state index contributed by atoms with van der Waals surface area (Å²) in [7, 11) is -4.42. The van der Waals surface area contributed by atoms with Gasteiger partial charge in [0, 0.05) is 6.54 Å². The van der Waals surface area contributed by atoms with E-state index < -0.39 is 51.8 Å². The van der Waals surface area contributed by atoms with Gasteiger partial charge in [-0.15, -0.1) is 0 Å². The number of nitrogens with one attached hydrogen (secondary N) is 4. The highest BCUT2D eigenvalue weighted by Crippen LogP contribution is 2.06. The van der Waals surface area contributed by atoms with Gasteiger partial charge in [0.25, 0.3) is 10.1 Å². The van der Waals surface area contributed by atoms with E-state index in [1.165, 1.54) is 6.92 Å². The molecule has 0 aromatic heterocycles. The van der Waals surface area contributed by atoms with E-state index in [0.717, 1.165) is 0 Å². The Morgan fingerprint density at radius 2 is 1.63 bits per heavy atom. The molecule has 0 aromatic carbocycles. The summed E-state index contributed by atoms with van der Waals surface area (Å²) in [6, 6.07) is -3.80. The topological polar surface area (TPSA) is 197 Å². The molecule has 3 unspecified atom stereocenters. The molecule has 0 heterocycles. The summed E-state index contributed by atoms with van der Waals surface area (Å²) in [5, 5.41) is 10.1. The first-order valence-corrected chi connectivity index (χ1v) is 11.2. The Bertz CT molecular complexity index is 711. The lowest BCUT2D eigenvalue weighted by Crippen LogP contribution is -2.57. The molecule has 7 N–H and O–H groups in total. The number of likely N-dealkylation sites (N-methyl/N-ethyl adjacent to an activating group) is 1. The molecular weight excluding hydrogens is 418 g/mol. The highest BCUT2D eigenvalue weighted by Gasteiger charge is 2.31. The third-order valence-electron chi connectivity index (χ3n) is 4.17. The number of amides is 4. The maximum atomic E-state index is 12.7. The van der Waals surface area contributed by atoms with Crippen molar-refractivity contribution in [1.29, 1.82) is 0 Å². The number of urea groups is 1. The second-order valence-electron chi connectivity index (χ2n) is 7.19. The van der Waals surface area contributed by atoms with E-state index in [-0.39, 0.29) is 31.2 Å². The van der Waals surface area contributed by atoms with Crippen LogP contribution in [0.2, 0.25) is 0 Å². The predicted octanol–water partition coefficient (Wildman–Crippen LogP) is -1.48. The Hall–Kier alpha value is -2.25. The van der Waals surface area contributed by atoms with E-state index >= 15 is 0 Å². The summed E-state index contributed by atoms with van der Waals surface area (Å²) in [6.45, 7) is 6.81. The van der Waals surface area contributed by atoms with Crippen LogP contribution in [0, 0.1) is 5.92 Å². The fraction of sp³-hybridized carbons (Fsp3) is 0.765. The second kappa shape index (κ2) is 13.1. The zero-order valence-corrected chi connectivity index (χ0v) is 18.5. The van der Waals surface area contributed by atoms with Crippen LogP contribution in [0.15, 0.2) is 0 Å². The van der Waals surface area contributed by atoms with Gasteiger partial charge < -0.3 is 27.0 Å². The first kappa shape index (κ1) is 27.8. The molecule has 4 amide bonds. The average Bonchev–Trinajstić information content (AvgIpc) is 2.59. The first-order chi connectivity index (χ1) is 13.8. The van der Waals surface area contributed by atoms with Crippen molar-refractivity contribution in [1.82, 2.24) is 21.3 Å². The fourth-order valence-electron chi connectivity index (χ4n) is 2.63. The van der Waals surface area contributed by atoms with Crippen LogP contribution in [-0.4, -0.2) is 73.6 Å². The molecule has 0 aromatic rings. The minimum absolute atomic E-state index is 0.235. The van der Waals surface area contributed by atoms with Gasteiger partial charge >= 0.3 is 6.03 Å². The van der Waals surface area contributed by atoms with Gasteiger partial charge in [-0.25, -0.2) is 4.79 Å². The Morgan fingerprint density at radius 3 is 2.07 bits per heavy atom. The smallest absolute Gasteiger partial charge is 0.312 e. The molecule has 0 fully saturated rings. The Kier molecular flexibility index (Phi) is 12.1. The molecular formula is C17H33N5O7S. The zero-order chi connectivity index (χ0) is 23.5. The van der Waals surface area contributed by atoms with Crippen LogP contribution in [0.25, 0.3) is 0 Å². The number of carbonyl (C=O) groups excluding carboxylic acids is 4. The molecule has 0 aliphatic rings. The molecule has 0 saturated heterocycles. The van der Waals surface area contributed by atoms with Gasteiger partial charge in [0.15, 0.2) is 5.78 Å². The van der Waals surface area contributed by atoms with Crippen molar-refractivity contribution < 1.29 is 32.1 Å². The molecule has 174 valence electrons. The van der Waals surface area contributed by atoms with Crippen LogP contribution in [0.1, 0.15) is 40.5 Å². The van der Waals surface area contributed by atoms with Crippen LogP contribution in [0.5, 0.6) is 0 Å². The van der Waals surface area contributed by atoms with Gasteiger partial charge in [-0.2, -0.15) is 8.42 Å². The van der Waals surface area contributed by atoms with E-state index in [9.17, 15) is 27.6 Å². The summed E-state index contributed by atoms with van der Waals surface area (Å²) in [4.78, 5) is 47.7. The number of primary amides is 1. The number of ketones is 1. The van der Waals surface area contributed by atoms with Crippen molar-refractivity contribution in [2.45, 2.75) is 58.7 Å². The molecule has 0 bridgehead atoms. The summed E-state index contributed by atoms with van der Waals surface area (Å²) in [6.07, 6.45) is 0.645. The molecule has 13 heteroatoms. The molecule has 0 spiro atoms. The highest BCUT2D eigenvalue weighted by molar-refractivity contribution is 7.85. The number of carbonyl (C=O) groups is 4. The number of nitrogens with two attached hydrogens (primary N) is 1. The number of hydrogen-bond donors (Lipinski definition) is 6. The van der Waals surface area contributed by atoms with Crippen LogP contribution in [0.4, 0.5) is 4.79 Å². The quantitative estimate of drug-likeness (QED) is 0.136. The van der Waals surface area contributed by atoms with Crippen molar-refractivity contribution in [3.05, 3.63) is 0 Å². The monoisotopic (exact) mass is 451 g/mol.